The van der Waals surface area contributed by atoms with Crippen LogP contribution in [-0.2, 0) is 22.2 Å². The number of thioether (sulfide) groups is 1. The van der Waals surface area contributed by atoms with Crippen molar-refractivity contribution in [2.45, 2.75) is 50.4 Å². The van der Waals surface area contributed by atoms with Gasteiger partial charge in [0.15, 0.2) is 0 Å². The van der Waals surface area contributed by atoms with E-state index >= 15 is 0 Å². The van der Waals surface area contributed by atoms with Crippen molar-refractivity contribution in [2.75, 3.05) is 12.3 Å². The van der Waals surface area contributed by atoms with Gasteiger partial charge in [0.2, 0.25) is 5.91 Å². The summed E-state index contributed by atoms with van der Waals surface area (Å²) in [5.74, 6) is -1.89. The number of aromatic nitrogens is 1. The van der Waals surface area contributed by atoms with Gasteiger partial charge in [-0.05, 0) is 31.7 Å². The van der Waals surface area contributed by atoms with Crippen molar-refractivity contribution in [1.29, 1.82) is 5.26 Å². The number of nitrogens with zero attached hydrogens (tertiary/aromatic N) is 3. The number of carbonyl (C=O) groups excluding carboxylic acids is 1. The number of aryl methyl sites for hydroxylation is 1. The van der Waals surface area contributed by atoms with Crippen molar-refractivity contribution >= 4 is 23.6 Å². The van der Waals surface area contributed by atoms with Crippen molar-refractivity contribution in [2.24, 2.45) is 0 Å². The van der Waals surface area contributed by atoms with Crippen LogP contribution in [0.5, 0.6) is 0 Å². The molecule has 1 saturated heterocycles. The van der Waals surface area contributed by atoms with E-state index in [1.807, 2.05) is 0 Å². The Balaban J connectivity index is 2.32. The number of carbonyl (C=O) groups is 2. The van der Waals surface area contributed by atoms with Crippen LogP contribution in [0.1, 0.15) is 42.1 Å². The molecule has 2 heterocycles. The van der Waals surface area contributed by atoms with Gasteiger partial charge in [-0.1, -0.05) is 18.7 Å². The van der Waals surface area contributed by atoms with E-state index in [0.29, 0.717) is 12.8 Å². The van der Waals surface area contributed by atoms with Crippen molar-refractivity contribution in [3.8, 4) is 6.07 Å². The molecule has 0 aromatic carbocycles. The van der Waals surface area contributed by atoms with Crippen LogP contribution in [0.25, 0.3) is 0 Å². The lowest BCUT2D eigenvalue weighted by Crippen LogP contribution is -2.41. The third kappa shape index (κ3) is 4.35. The Bertz CT molecular complexity index is 805. The van der Waals surface area contributed by atoms with Crippen LogP contribution in [-0.4, -0.2) is 45.2 Å². The van der Waals surface area contributed by atoms with Crippen LogP contribution in [0.4, 0.5) is 13.2 Å². The number of alkyl halides is 3. The average molecular weight is 401 g/mol. The first kappa shape index (κ1) is 21.0. The Hall–Kier alpha value is -2.28. The second kappa shape index (κ2) is 8.17. The maximum atomic E-state index is 13.4. The molecule has 1 aromatic heterocycles. The molecule has 0 bridgehead atoms. The van der Waals surface area contributed by atoms with Crippen LogP contribution < -0.4 is 0 Å². The first-order chi connectivity index (χ1) is 12.6. The maximum Gasteiger partial charge on any atom is 0.418 e. The highest BCUT2D eigenvalue weighted by molar-refractivity contribution is 8.00. The summed E-state index contributed by atoms with van der Waals surface area (Å²) in [5, 5.41) is 18.2. The third-order valence-corrected chi connectivity index (χ3v) is 5.39. The number of amides is 1. The van der Waals surface area contributed by atoms with E-state index in [9.17, 15) is 28.0 Å². The van der Waals surface area contributed by atoms with Gasteiger partial charge in [0.05, 0.1) is 16.9 Å². The summed E-state index contributed by atoms with van der Waals surface area (Å²) in [6.45, 7) is 3.22. The SMILES string of the molecule is CCc1nc(SCC(=O)N2CCC[C@H]2C(=O)O)c(C#N)c(C(F)(F)F)c1C. The zero-order chi connectivity index (χ0) is 20.4. The number of carboxylic acids is 1. The molecule has 1 N–H and O–H groups in total. The van der Waals surface area contributed by atoms with E-state index in [1.54, 1.807) is 13.0 Å². The molecule has 1 aliphatic rings. The van der Waals surface area contributed by atoms with Gasteiger partial charge < -0.3 is 10.0 Å². The summed E-state index contributed by atoms with van der Waals surface area (Å²) in [6, 6.07) is 0.641. The number of hydrogen-bond donors (Lipinski definition) is 1. The molecule has 6 nitrogen and oxygen atoms in total. The standard InChI is InChI=1S/C17H18F3N3O3S/c1-3-11-9(2)14(17(18,19)20)10(7-21)15(22-11)27-8-13(24)23-6-4-5-12(23)16(25)26/h12H,3-6,8H2,1-2H3,(H,25,26)/t12-/m0/s1. The van der Waals surface area contributed by atoms with Crippen molar-refractivity contribution in [3.05, 3.63) is 22.4 Å². The van der Waals surface area contributed by atoms with Crippen LogP contribution in [0.15, 0.2) is 5.03 Å². The number of aliphatic carboxylic acids is 1. The Morgan fingerprint density at radius 3 is 2.63 bits per heavy atom. The fraction of sp³-hybridized carbons (Fsp3) is 0.529. The Morgan fingerprint density at radius 2 is 2.11 bits per heavy atom. The quantitative estimate of drug-likeness (QED) is 0.763. The number of rotatable bonds is 5. The second-order valence-electron chi connectivity index (χ2n) is 6.07. The van der Waals surface area contributed by atoms with E-state index in [4.69, 9.17) is 5.11 Å². The lowest BCUT2D eigenvalue weighted by molar-refractivity contribution is -0.147. The fourth-order valence-electron chi connectivity index (χ4n) is 3.14. The zero-order valence-electron chi connectivity index (χ0n) is 14.8. The smallest absolute Gasteiger partial charge is 0.418 e. The Labute approximate surface area is 158 Å². The van der Waals surface area contributed by atoms with Gasteiger partial charge in [0, 0.05) is 12.2 Å². The molecule has 27 heavy (non-hydrogen) atoms. The molecule has 146 valence electrons. The number of nitriles is 1. The topological polar surface area (TPSA) is 94.3 Å². The number of likely N-dealkylation sites (tertiary alicyclic amines) is 1. The zero-order valence-corrected chi connectivity index (χ0v) is 15.6. The lowest BCUT2D eigenvalue weighted by atomic mass is 10.0. The van der Waals surface area contributed by atoms with Gasteiger partial charge in [-0.25, -0.2) is 9.78 Å². The molecule has 1 amide bonds. The maximum absolute atomic E-state index is 13.4. The normalized spacial score (nSPS) is 17.0. The molecule has 2 rings (SSSR count). The summed E-state index contributed by atoms with van der Waals surface area (Å²) in [5.41, 5.74) is -1.52. The van der Waals surface area contributed by atoms with Crippen molar-refractivity contribution in [1.82, 2.24) is 9.88 Å². The minimum Gasteiger partial charge on any atom is -0.480 e. The summed E-state index contributed by atoms with van der Waals surface area (Å²) in [7, 11) is 0. The molecule has 1 aromatic rings. The summed E-state index contributed by atoms with van der Waals surface area (Å²) in [6.07, 6.45) is -3.58. The molecule has 0 saturated carbocycles. The van der Waals surface area contributed by atoms with Crippen molar-refractivity contribution < 1.29 is 27.9 Å². The Morgan fingerprint density at radius 1 is 1.44 bits per heavy atom. The number of pyridine rings is 1. The molecule has 0 unspecified atom stereocenters. The Kier molecular flexibility index (Phi) is 6.36. The monoisotopic (exact) mass is 401 g/mol. The molecule has 0 aliphatic carbocycles. The summed E-state index contributed by atoms with van der Waals surface area (Å²) >= 11 is 0.731. The first-order valence-electron chi connectivity index (χ1n) is 8.27. The van der Waals surface area contributed by atoms with Crippen molar-refractivity contribution in [3.63, 3.8) is 0 Å². The van der Waals surface area contributed by atoms with Gasteiger partial charge in [0.1, 0.15) is 17.1 Å². The number of hydrogen-bond acceptors (Lipinski definition) is 5. The highest BCUT2D eigenvalue weighted by atomic mass is 32.2. The summed E-state index contributed by atoms with van der Waals surface area (Å²) < 4.78 is 40.3. The van der Waals surface area contributed by atoms with E-state index in [-0.39, 0.29) is 35.0 Å². The molecular formula is C17H18F3N3O3S. The summed E-state index contributed by atoms with van der Waals surface area (Å²) in [4.78, 5) is 28.9. The lowest BCUT2D eigenvalue weighted by Gasteiger charge is -2.21. The van der Waals surface area contributed by atoms with E-state index in [2.05, 4.69) is 4.98 Å². The predicted molar refractivity (Wildman–Crippen MR) is 91.2 cm³/mol. The minimum absolute atomic E-state index is 0.0947. The van der Waals surface area contributed by atoms with Gasteiger partial charge in [0.25, 0.3) is 0 Å². The molecule has 1 atom stereocenters. The van der Waals surface area contributed by atoms with Crippen LogP contribution in [0.2, 0.25) is 0 Å². The van der Waals surface area contributed by atoms with E-state index in [1.165, 1.54) is 11.8 Å². The molecule has 1 fully saturated rings. The molecule has 0 radical (unpaired) electrons. The van der Waals surface area contributed by atoms with Crippen LogP contribution >= 0.6 is 11.8 Å². The second-order valence-corrected chi connectivity index (χ2v) is 7.04. The van der Waals surface area contributed by atoms with Gasteiger partial charge >= 0.3 is 12.1 Å². The highest BCUT2D eigenvalue weighted by Gasteiger charge is 2.39. The number of carboxylic acid groups (broad SMARTS) is 1. The van der Waals surface area contributed by atoms with E-state index < -0.39 is 35.2 Å². The number of halogens is 3. The largest absolute Gasteiger partial charge is 0.480 e. The van der Waals surface area contributed by atoms with Gasteiger partial charge in [-0.2, -0.15) is 18.4 Å². The highest BCUT2D eigenvalue weighted by Crippen LogP contribution is 2.39. The van der Waals surface area contributed by atoms with Gasteiger partial charge in [-0.3, -0.25) is 4.79 Å². The van der Waals surface area contributed by atoms with E-state index in [0.717, 1.165) is 11.8 Å². The molecular weight excluding hydrogens is 383 g/mol. The first-order valence-corrected chi connectivity index (χ1v) is 9.26. The fourth-order valence-corrected chi connectivity index (χ4v) is 4.04. The molecule has 0 spiro atoms. The predicted octanol–water partition coefficient (Wildman–Crippen LogP) is 3.01. The minimum atomic E-state index is -4.72. The van der Waals surface area contributed by atoms with Crippen LogP contribution in [0.3, 0.4) is 0 Å². The van der Waals surface area contributed by atoms with Gasteiger partial charge in [-0.15, -0.1) is 0 Å². The average Bonchev–Trinajstić information content (AvgIpc) is 3.08. The molecule has 10 heteroatoms. The van der Waals surface area contributed by atoms with Crippen LogP contribution in [0, 0.1) is 18.3 Å². The third-order valence-electron chi connectivity index (χ3n) is 4.43. The molecule has 1 aliphatic heterocycles.